The van der Waals surface area contributed by atoms with Crippen LogP contribution in [0.25, 0.3) is 0 Å². The smallest absolute Gasteiger partial charge is 0.304 e. The topological polar surface area (TPSA) is 71.4 Å². The minimum absolute atomic E-state index is 0.117. The standard InChI is InChI=1S/C13H16O4S/c1-9-7-10(18(2,16)17)3-4-11(9)13(5-6-13)8-12(14)15/h3-4,7H,5-6,8H2,1-2H3,(H,14,15). The van der Waals surface area contributed by atoms with Crippen LogP contribution in [0, 0.1) is 6.92 Å². The van der Waals surface area contributed by atoms with E-state index in [0.717, 1.165) is 24.0 Å². The highest BCUT2D eigenvalue weighted by Crippen LogP contribution is 2.52. The number of rotatable bonds is 4. The highest BCUT2D eigenvalue weighted by molar-refractivity contribution is 7.90. The average molecular weight is 268 g/mol. The number of carbonyl (C=O) groups is 1. The van der Waals surface area contributed by atoms with Crippen molar-refractivity contribution < 1.29 is 18.3 Å². The summed E-state index contributed by atoms with van der Waals surface area (Å²) in [4.78, 5) is 11.2. The zero-order valence-electron chi connectivity index (χ0n) is 10.4. The maximum absolute atomic E-state index is 11.4. The molecular formula is C13H16O4S. The Balaban J connectivity index is 2.40. The zero-order valence-corrected chi connectivity index (χ0v) is 11.3. The molecule has 0 aliphatic heterocycles. The third-order valence-corrected chi connectivity index (χ3v) is 4.65. The molecule has 5 heteroatoms. The molecule has 0 aromatic heterocycles. The lowest BCUT2D eigenvalue weighted by atomic mass is 9.89. The van der Waals surface area contributed by atoms with Gasteiger partial charge in [0.15, 0.2) is 9.84 Å². The predicted molar refractivity (Wildman–Crippen MR) is 67.5 cm³/mol. The van der Waals surface area contributed by atoms with Crippen LogP contribution in [-0.4, -0.2) is 25.7 Å². The molecule has 1 fully saturated rings. The van der Waals surface area contributed by atoms with E-state index in [1.54, 1.807) is 18.2 Å². The van der Waals surface area contributed by atoms with Gasteiger partial charge in [0.25, 0.3) is 0 Å². The van der Waals surface area contributed by atoms with Gasteiger partial charge in [-0.15, -0.1) is 0 Å². The Kier molecular flexibility index (Phi) is 2.97. The van der Waals surface area contributed by atoms with Gasteiger partial charge in [0, 0.05) is 11.7 Å². The summed E-state index contributed by atoms with van der Waals surface area (Å²) in [5.74, 6) is -0.806. The first-order chi connectivity index (χ1) is 8.24. The van der Waals surface area contributed by atoms with Gasteiger partial charge >= 0.3 is 5.97 Å². The summed E-state index contributed by atoms with van der Waals surface area (Å²) in [6, 6.07) is 4.97. The second kappa shape index (κ2) is 4.09. The van der Waals surface area contributed by atoms with Crippen molar-refractivity contribution in [2.24, 2.45) is 0 Å². The van der Waals surface area contributed by atoms with Gasteiger partial charge in [-0.1, -0.05) is 6.07 Å². The first-order valence-corrected chi connectivity index (χ1v) is 7.67. The number of sulfone groups is 1. The molecule has 1 aliphatic carbocycles. The number of benzene rings is 1. The van der Waals surface area contributed by atoms with Crippen molar-refractivity contribution in [1.82, 2.24) is 0 Å². The normalized spacial score (nSPS) is 17.4. The van der Waals surface area contributed by atoms with E-state index in [2.05, 4.69) is 0 Å². The van der Waals surface area contributed by atoms with E-state index < -0.39 is 15.8 Å². The second-order valence-electron chi connectivity index (χ2n) is 5.10. The molecule has 4 nitrogen and oxygen atoms in total. The summed E-state index contributed by atoms with van der Waals surface area (Å²) < 4.78 is 22.9. The Labute approximate surface area is 107 Å². The molecule has 0 atom stereocenters. The monoisotopic (exact) mass is 268 g/mol. The van der Waals surface area contributed by atoms with Gasteiger partial charge in [-0.25, -0.2) is 8.42 Å². The Morgan fingerprint density at radius 2 is 2.00 bits per heavy atom. The number of hydrogen-bond donors (Lipinski definition) is 1. The van der Waals surface area contributed by atoms with Crippen molar-refractivity contribution >= 4 is 15.8 Å². The molecule has 18 heavy (non-hydrogen) atoms. The molecule has 1 aromatic carbocycles. The lowest BCUT2D eigenvalue weighted by Crippen LogP contribution is -2.14. The van der Waals surface area contributed by atoms with Gasteiger partial charge in [0.05, 0.1) is 11.3 Å². The molecule has 0 unspecified atom stereocenters. The fourth-order valence-electron chi connectivity index (χ4n) is 2.44. The summed E-state index contributed by atoms with van der Waals surface area (Å²) in [5, 5.41) is 8.93. The molecule has 1 N–H and O–H groups in total. The Morgan fingerprint density at radius 3 is 2.39 bits per heavy atom. The number of aryl methyl sites for hydroxylation is 1. The molecule has 98 valence electrons. The maximum Gasteiger partial charge on any atom is 0.304 e. The van der Waals surface area contributed by atoms with Crippen LogP contribution in [0.1, 0.15) is 30.4 Å². The van der Waals surface area contributed by atoms with E-state index in [0.29, 0.717) is 0 Å². The van der Waals surface area contributed by atoms with Gasteiger partial charge in [-0.3, -0.25) is 4.79 Å². The molecule has 0 heterocycles. The van der Waals surface area contributed by atoms with Crippen LogP contribution in [-0.2, 0) is 20.0 Å². The van der Waals surface area contributed by atoms with E-state index in [-0.39, 0.29) is 16.7 Å². The third kappa shape index (κ3) is 2.41. The van der Waals surface area contributed by atoms with Crippen LogP contribution in [0.15, 0.2) is 23.1 Å². The SMILES string of the molecule is Cc1cc(S(C)(=O)=O)ccc1C1(CC(=O)O)CC1. The first kappa shape index (κ1) is 13.1. The van der Waals surface area contributed by atoms with Crippen LogP contribution in [0.2, 0.25) is 0 Å². The van der Waals surface area contributed by atoms with Crippen molar-refractivity contribution in [3.05, 3.63) is 29.3 Å². The highest BCUT2D eigenvalue weighted by Gasteiger charge is 2.46. The van der Waals surface area contributed by atoms with Crippen LogP contribution in [0.5, 0.6) is 0 Å². The van der Waals surface area contributed by atoms with Gasteiger partial charge in [-0.2, -0.15) is 0 Å². The molecule has 0 spiro atoms. The van der Waals surface area contributed by atoms with Crippen LogP contribution >= 0.6 is 0 Å². The molecule has 0 radical (unpaired) electrons. The van der Waals surface area contributed by atoms with Crippen molar-refractivity contribution in [2.75, 3.05) is 6.26 Å². The van der Waals surface area contributed by atoms with Crippen LogP contribution < -0.4 is 0 Å². The van der Waals surface area contributed by atoms with E-state index in [1.165, 1.54) is 6.26 Å². The first-order valence-electron chi connectivity index (χ1n) is 5.78. The number of hydrogen-bond acceptors (Lipinski definition) is 3. The number of aliphatic carboxylic acids is 1. The largest absolute Gasteiger partial charge is 0.481 e. The molecule has 0 amide bonds. The van der Waals surface area contributed by atoms with Crippen LogP contribution in [0.3, 0.4) is 0 Å². The Hall–Kier alpha value is -1.36. The molecule has 1 saturated carbocycles. The Morgan fingerprint density at radius 1 is 1.39 bits per heavy atom. The molecule has 0 saturated heterocycles. The van der Waals surface area contributed by atoms with E-state index in [1.807, 2.05) is 6.92 Å². The maximum atomic E-state index is 11.4. The molecule has 2 rings (SSSR count). The van der Waals surface area contributed by atoms with E-state index in [9.17, 15) is 13.2 Å². The summed E-state index contributed by atoms with van der Waals surface area (Å²) in [6.07, 6.45) is 3.01. The minimum atomic E-state index is -3.21. The van der Waals surface area contributed by atoms with Crippen molar-refractivity contribution in [3.63, 3.8) is 0 Å². The Bertz CT molecular complexity index is 597. The highest BCUT2D eigenvalue weighted by atomic mass is 32.2. The van der Waals surface area contributed by atoms with E-state index in [4.69, 9.17) is 5.11 Å². The van der Waals surface area contributed by atoms with Crippen molar-refractivity contribution in [1.29, 1.82) is 0 Å². The number of carboxylic acid groups (broad SMARTS) is 1. The van der Waals surface area contributed by atoms with E-state index >= 15 is 0 Å². The quantitative estimate of drug-likeness (QED) is 0.905. The fourth-order valence-corrected chi connectivity index (χ4v) is 3.15. The van der Waals surface area contributed by atoms with Crippen molar-refractivity contribution in [2.45, 2.75) is 36.5 Å². The van der Waals surface area contributed by atoms with Gasteiger partial charge in [-0.05, 0) is 43.0 Å². The minimum Gasteiger partial charge on any atom is -0.481 e. The third-order valence-electron chi connectivity index (χ3n) is 3.54. The summed E-state index contributed by atoms with van der Waals surface area (Å²) >= 11 is 0. The molecule has 1 aliphatic rings. The lowest BCUT2D eigenvalue weighted by molar-refractivity contribution is -0.137. The summed E-state index contributed by atoms with van der Waals surface area (Å²) in [5.41, 5.74) is 1.56. The number of carboxylic acids is 1. The predicted octanol–water partition coefficient (Wildman–Crippen LogP) is 1.90. The van der Waals surface area contributed by atoms with Gasteiger partial charge < -0.3 is 5.11 Å². The molecule has 0 bridgehead atoms. The average Bonchev–Trinajstić information content (AvgIpc) is 2.95. The molecule has 1 aromatic rings. The molecular weight excluding hydrogens is 252 g/mol. The lowest BCUT2D eigenvalue weighted by Gasteiger charge is -2.16. The fraction of sp³-hybridized carbons (Fsp3) is 0.462. The van der Waals surface area contributed by atoms with Gasteiger partial charge in [0.2, 0.25) is 0 Å². The van der Waals surface area contributed by atoms with Crippen molar-refractivity contribution in [3.8, 4) is 0 Å². The zero-order chi connectivity index (χ0) is 13.6. The summed E-state index contributed by atoms with van der Waals surface area (Å²) in [7, 11) is -3.21. The van der Waals surface area contributed by atoms with Crippen LogP contribution in [0.4, 0.5) is 0 Å². The second-order valence-corrected chi connectivity index (χ2v) is 7.12. The van der Waals surface area contributed by atoms with Gasteiger partial charge in [0.1, 0.15) is 0 Å². The summed E-state index contributed by atoms with van der Waals surface area (Å²) in [6.45, 7) is 1.84.